The summed E-state index contributed by atoms with van der Waals surface area (Å²) in [6.07, 6.45) is 14.5. The van der Waals surface area contributed by atoms with Crippen LogP contribution < -0.4 is 0 Å². The Bertz CT molecular complexity index is 123. The van der Waals surface area contributed by atoms with Gasteiger partial charge in [0.1, 0.15) is 0 Å². The largest absolute Gasteiger partial charge is 0.175 e. The zero-order valence-electron chi connectivity index (χ0n) is 7.84. The average Bonchev–Trinajstić information content (AvgIpc) is 2.14. The van der Waals surface area contributed by atoms with E-state index in [1.54, 1.807) is 0 Å². The molecule has 0 aromatic heterocycles. The quantitative estimate of drug-likeness (QED) is 0.498. The van der Waals surface area contributed by atoms with Gasteiger partial charge in [0.15, 0.2) is 0 Å². The summed E-state index contributed by atoms with van der Waals surface area (Å²) in [6, 6.07) is 0. The minimum Gasteiger partial charge on any atom is -0.175 e. The first kappa shape index (κ1) is 10.2. The van der Waals surface area contributed by atoms with E-state index in [0.717, 1.165) is 11.7 Å². The molecular formula is C11H20S. The van der Waals surface area contributed by atoms with Gasteiger partial charge in [-0.1, -0.05) is 44.3 Å². The van der Waals surface area contributed by atoms with E-state index in [0.29, 0.717) is 0 Å². The van der Waals surface area contributed by atoms with Crippen LogP contribution in [0.25, 0.3) is 0 Å². The maximum atomic E-state index is 4.13. The van der Waals surface area contributed by atoms with E-state index in [2.05, 4.69) is 24.8 Å². The number of hydrogen-bond acceptors (Lipinski definition) is 1. The molecule has 1 aliphatic rings. The molecule has 0 aromatic carbocycles. The lowest BCUT2D eigenvalue weighted by Crippen LogP contribution is -2.05. The molecule has 0 bridgehead atoms. The van der Waals surface area contributed by atoms with Gasteiger partial charge < -0.3 is 0 Å². The van der Waals surface area contributed by atoms with Crippen molar-refractivity contribution >= 4 is 12.6 Å². The first-order valence-corrected chi connectivity index (χ1v) is 5.82. The fraction of sp³-hybridized carbons (Fsp3) is 0.818. The van der Waals surface area contributed by atoms with Crippen molar-refractivity contribution in [2.24, 2.45) is 5.92 Å². The van der Waals surface area contributed by atoms with Gasteiger partial charge in [0.25, 0.3) is 0 Å². The van der Waals surface area contributed by atoms with Crippen LogP contribution >= 0.6 is 12.6 Å². The first-order chi connectivity index (χ1) is 5.93. The van der Waals surface area contributed by atoms with E-state index in [4.69, 9.17) is 0 Å². The molecule has 0 nitrogen and oxygen atoms in total. The van der Waals surface area contributed by atoms with Gasteiger partial charge in [-0.25, -0.2) is 0 Å². The molecule has 12 heavy (non-hydrogen) atoms. The summed E-state index contributed by atoms with van der Waals surface area (Å²) in [5.74, 6) is 1.92. The van der Waals surface area contributed by atoms with Crippen molar-refractivity contribution < 1.29 is 0 Å². The van der Waals surface area contributed by atoms with Crippen LogP contribution in [-0.4, -0.2) is 5.75 Å². The molecule has 0 heterocycles. The summed E-state index contributed by atoms with van der Waals surface area (Å²) in [6.45, 7) is 0. The van der Waals surface area contributed by atoms with Crippen molar-refractivity contribution in [1.82, 2.24) is 0 Å². The second kappa shape index (κ2) is 6.59. The van der Waals surface area contributed by atoms with Crippen molar-refractivity contribution in [1.29, 1.82) is 0 Å². The number of rotatable bonds is 4. The van der Waals surface area contributed by atoms with Gasteiger partial charge in [-0.15, -0.1) is 0 Å². The van der Waals surface area contributed by atoms with Gasteiger partial charge in [-0.2, -0.15) is 12.6 Å². The van der Waals surface area contributed by atoms with Crippen molar-refractivity contribution in [3.8, 4) is 0 Å². The fourth-order valence-corrected chi connectivity index (χ4v) is 2.15. The van der Waals surface area contributed by atoms with E-state index in [9.17, 15) is 0 Å². The fourth-order valence-electron chi connectivity index (χ4n) is 2.00. The molecule has 1 aliphatic carbocycles. The summed E-state index contributed by atoms with van der Waals surface area (Å²) in [4.78, 5) is 0. The minimum atomic E-state index is 0.894. The Hall–Kier alpha value is 0.0900. The number of hydrogen-bond donors (Lipinski definition) is 1. The molecule has 0 aliphatic heterocycles. The molecule has 0 unspecified atom stereocenters. The molecule has 0 N–H and O–H groups in total. The zero-order valence-corrected chi connectivity index (χ0v) is 8.73. The molecule has 0 spiro atoms. The highest BCUT2D eigenvalue weighted by atomic mass is 32.1. The molecule has 0 aromatic rings. The van der Waals surface area contributed by atoms with Crippen LogP contribution in [0.5, 0.6) is 0 Å². The molecule has 70 valence electrons. The maximum Gasteiger partial charge on any atom is 0.00825 e. The summed E-state index contributed by atoms with van der Waals surface area (Å²) in [5.41, 5.74) is 0. The summed E-state index contributed by atoms with van der Waals surface area (Å²) in [5, 5.41) is 0. The van der Waals surface area contributed by atoms with Crippen molar-refractivity contribution in [3.63, 3.8) is 0 Å². The second-order valence-electron chi connectivity index (χ2n) is 3.74. The summed E-state index contributed by atoms with van der Waals surface area (Å²) < 4.78 is 0. The van der Waals surface area contributed by atoms with Gasteiger partial charge in [-0.3, -0.25) is 0 Å². The maximum absolute atomic E-state index is 4.13. The Morgan fingerprint density at radius 1 is 1.08 bits per heavy atom. The van der Waals surface area contributed by atoms with Crippen molar-refractivity contribution in [2.45, 2.75) is 44.9 Å². The molecule has 1 saturated carbocycles. The highest BCUT2D eigenvalue weighted by molar-refractivity contribution is 7.80. The van der Waals surface area contributed by atoms with Crippen LogP contribution in [0, 0.1) is 5.92 Å². The molecule has 0 saturated heterocycles. The van der Waals surface area contributed by atoms with Crippen LogP contribution in [0.3, 0.4) is 0 Å². The normalized spacial score (nSPS) is 20.4. The van der Waals surface area contributed by atoms with Gasteiger partial charge in [0, 0.05) is 5.75 Å². The molecule has 1 rings (SSSR count). The van der Waals surface area contributed by atoms with E-state index in [-0.39, 0.29) is 0 Å². The molecule has 0 amide bonds. The Balaban J connectivity index is 2.01. The Morgan fingerprint density at radius 3 is 2.50 bits per heavy atom. The molecule has 1 fully saturated rings. The zero-order chi connectivity index (χ0) is 8.65. The molecule has 0 radical (unpaired) electrons. The SMILES string of the molecule is SC/C=C/CCC1CCCCC1. The topological polar surface area (TPSA) is 0 Å². The van der Waals surface area contributed by atoms with E-state index in [1.807, 2.05) is 0 Å². The molecular weight excluding hydrogens is 164 g/mol. The minimum absolute atomic E-state index is 0.894. The van der Waals surface area contributed by atoms with Crippen LogP contribution in [-0.2, 0) is 0 Å². The highest BCUT2D eigenvalue weighted by Crippen LogP contribution is 2.27. The smallest absolute Gasteiger partial charge is 0.00825 e. The second-order valence-corrected chi connectivity index (χ2v) is 4.10. The third-order valence-electron chi connectivity index (χ3n) is 2.74. The monoisotopic (exact) mass is 184 g/mol. The van der Waals surface area contributed by atoms with Crippen LogP contribution in [0.4, 0.5) is 0 Å². The molecule has 1 heteroatoms. The van der Waals surface area contributed by atoms with E-state index < -0.39 is 0 Å². The van der Waals surface area contributed by atoms with Gasteiger partial charge in [0.05, 0.1) is 0 Å². The standard InChI is InChI=1S/C11H20S/c12-10-6-2-5-9-11-7-3-1-4-8-11/h2,6,11-12H,1,3-5,7-10H2/b6-2+. The Labute approximate surface area is 81.8 Å². The van der Waals surface area contributed by atoms with E-state index >= 15 is 0 Å². The summed E-state index contributed by atoms with van der Waals surface area (Å²) >= 11 is 4.13. The predicted octanol–water partition coefficient (Wildman–Crippen LogP) is 3.83. The lowest BCUT2D eigenvalue weighted by molar-refractivity contribution is 0.341. The first-order valence-electron chi connectivity index (χ1n) is 5.19. The average molecular weight is 184 g/mol. The van der Waals surface area contributed by atoms with Gasteiger partial charge in [0.2, 0.25) is 0 Å². The third kappa shape index (κ3) is 4.20. The summed E-state index contributed by atoms with van der Waals surface area (Å²) in [7, 11) is 0. The Morgan fingerprint density at radius 2 is 1.83 bits per heavy atom. The van der Waals surface area contributed by atoms with Gasteiger partial charge in [-0.05, 0) is 18.8 Å². The van der Waals surface area contributed by atoms with Crippen molar-refractivity contribution in [3.05, 3.63) is 12.2 Å². The van der Waals surface area contributed by atoms with E-state index in [1.165, 1.54) is 44.9 Å². The number of allylic oxidation sites excluding steroid dienone is 1. The molecule has 0 atom stereocenters. The Kier molecular flexibility index (Phi) is 5.59. The third-order valence-corrected chi connectivity index (χ3v) is 2.95. The van der Waals surface area contributed by atoms with Crippen molar-refractivity contribution in [2.75, 3.05) is 5.75 Å². The number of thiol groups is 1. The lowest BCUT2D eigenvalue weighted by atomic mass is 9.86. The van der Waals surface area contributed by atoms with Crippen LogP contribution in [0.2, 0.25) is 0 Å². The lowest BCUT2D eigenvalue weighted by Gasteiger charge is -2.20. The van der Waals surface area contributed by atoms with Gasteiger partial charge >= 0.3 is 0 Å². The predicted molar refractivity (Wildman–Crippen MR) is 58.8 cm³/mol. The highest BCUT2D eigenvalue weighted by Gasteiger charge is 2.11. The van der Waals surface area contributed by atoms with Crippen LogP contribution in [0.1, 0.15) is 44.9 Å². The van der Waals surface area contributed by atoms with Crippen LogP contribution in [0.15, 0.2) is 12.2 Å².